The molecule has 0 aliphatic carbocycles. The summed E-state index contributed by atoms with van der Waals surface area (Å²) in [5, 5.41) is 0. The minimum atomic E-state index is -0.823. The van der Waals surface area contributed by atoms with Crippen LogP contribution in [0.2, 0.25) is 0 Å². The van der Waals surface area contributed by atoms with Crippen molar-refractivity contribution >= 4 is 35.8 Å². The van der Waals surface area contributed by atoms with Gasteiger partial charge in [0.1, 0.15) is 26.4 Å². The fourth-order valence-electron chi connectivity index (χ4n) is 12.4. The zero-order valence-corrected chi connectivity index (χ0v) is 64.6. The first-order valence-corrected chi connectivity index (χ1v) is 42.1. The van der Waals surface area contributed by atoms with E-state index in [2.05, 4.69) is 64.2 Å². The Labute approximate surface area is 603 Å². The Morgan fingerprint density at radius 2 is 0.367 bits per heavy atom. The highest BCUT2D eigenvalue weighted by atomic mass is 16.6. The monoisotopic (exact) mass is 1380 g/mol. The van der Waals surface area contributed by atoms with Gasteiger partial charge in [0.25, 0.3) is 0 Å². The van der Waals surface area contributed by atoms with Crippen molar-refractivity contribution < 1.29 is 57.2 Å². The van der Waals surface area contributed by atoms with Gasteiger partial charge in [-0.1, -0.05) is 327 Å². The summed E-state index contributed by atoms with van der Waals surface area (Å²) in [7, 11) is 0. The number of unbranched alkanes of at least 4 members (excludes halogenated alkanes) is 50. The van der Waals surface area contributed by atoms with Gasteiger partial charge in [-0.25, -0.2) is 0 Å². The van der Waals surface area contributed by atoms with Crippen LogP contribution in [0.5, 0.6) is 0 Å². The Morgan fingerprint density at radius 1 is 0.204 bits per heavy atom. The average Bonchev–Trinajstić information content (AvgIpc) is 1.86. The lowest BCUT2D eigenvalue weighted by Crippen LogP contribution is -2.30. The molecule has 0 aromatic carbocycles. The zero-order valence-electron chi connectivity index (χ0n) is 64.6. The van der Waals surface area contributed by atoms with Gasteiger partial charge in [0.2, 0.25) is 0 Å². The standard InChI is InChI=1S/C86H156O12/c1-5-9-13-17-21-25-28-30-32-36-41-47-53-59-65-71-83(89)95-77-80(78-96-84(90)72-66-60-54-48-42-37-33-31-29-26-22-18-14-10-6-2)98-86(92)74-68-62-56-50-44-39-35-34-38-43-49-55-61-67-73-85(91)97-79(75-93-81(87)69-63-57-51-45-24-20-16-12-8-4)76-94-82(88)70-64-58-52-46-40-27-23-19-15-11-7-3/h12,16,30,32,34-35,79-80H,5-11,13-15,17-29,31,33,36-78H2,1-4H3/b16-12-,32-30-,35-34+. The van der Waals surface area contributed by atoms with Gasteiger partial charge in [-0.3, -0.25) is 28.8 Å². The summed E-state index contributed by atoms with van der Waals surface area (Å²) < 4.78 is 33.8. The molecule has 0 fully saturated rings. The van der Waals surface area contributed by atoms with Crippen LogP contribution in [0.3, 0.4) is 0 Å². The van der Waals surface area contributed by atoms with Gasteiger partial charge in [-0.05, 0) is 109 Å². The third kappa shape index (κ3) is 74.7. The van der Waals surface area contributed by atoms with Crippen molar-refractivity contribution in [3.63, 3.8) is 0 Å². The lowest BCUT2D eigenvalue weighted by molar-refractivity contribution is -0.167. The van der Waals surface area contributed by atoms with Crippen LogP contribution in [0, 0.1) is 0 Å². The second-order valence-corrected chi connectivity index (χ2v) is 28.5. The van der Waals surface area contributed by atoms with E-state index in [1.165, 1.54) is 180 Å². The molecule has 0 aromatic rings. The number of esters is 6. The predicted octanol–water partition coefficient (Wildman–Crippen LogP) is 25.7. The molecule has 0 aromatic heterocycles. The molecule has 0 saturated carbocycles. The number of hydrogen-bond donors (Lipinski definition) is 0. The first-order valence-electron chi connectivity index (χ1n) is 42.1. The molecule has 0 amide bonds. The van der Waals surface area contributed by atoms with Crippen molar-refractivity contribution in [2.45, 2.75) is 451 Å². The van der Waals surface area contributed by atoms with Crippen LogP contribution < -0.4 is 0 Å². The maximum atomic E-state index is 13.0. The second kappa shape index (κ2) is 78.8. The fourth-order valence-corrected chi connectivity index (χ4v) is 12.4. The molecule has 0 aliphatic rings. The van der Waals surface area contributed by atoms with E-state index in [1.54, 1.807) is 0 Å². The lowest BCUT2D eigenvalue weighted by atomic mass is 10.0. The number of allylic oxidation sites excluding steroid dienone is 6. The van der Waals surface area contributed by atoms with E-state index in [0.717, 1.165) is 180 Å². The average molecular weight is 1380 g/mol. The molecular formula is C86H156O12. The number of hydrogen-bond acceptors (Lipinski definition) is 12. The molecule has 0 radical (unpaired) electrons. The van der Waals surface area contributed by atoms with Gasteiger partial charge < -0.3 is 28.4 Å². The minimum absolute atomic E-state index is 0.111. The van der Waals surface area contributed by atoms with Crippen LogP contribution in [0.4, 0.5) is 0 Å². The third-order valence-corrected chi connectivity index (χ3v) is 18.8. The van der Waals surface area contributed by atoms with Crippen molar-refractivity contribution in [1.29, 1.82) is 0 Å². The van der Waals surface area contributed by atoms with Crippen LogP contribution in [-0.2, 0) is 57.2 Å². The van der Waals surface area contributed by atoms with E-state index < -0.39 is 12.2 Å². The highest BCUT2D eigenvalue weighted by molar-refractivity contribution is 5.72. The number of rotatable bonds is 78. The van der Waals surface area contributed by atoms with Crippen molar-refractivity contribution in [1.82, 2.24) is 0 Å². The van der Waals surface area contributed by atoms with Crippen molar-refractivity contribution in [2.75, 3.05) is 26.4 Å². The summed E-state index contributed by atoms with van der Waals surface area (Å²) in [6.07, 6.45) is 80.5. The van der Waals surface area contributed by atoms with Crippen LogP contribution in [0.15, 0.2) is 36.5 Å². The molecular weight excluding hydrogens is 1220 g/mol. The van der Waals surface area contributed by atoms with Crippen molar-refractivity contribution in [2.24, 2.45) is 0 Å². The van der Waals surface area contributed by atoms with Crippen LogP contribution in [-0.4, -0.2) is 74.5 Å². The second-order valence-electron chi connectivity index (χ2n) is 28.5. The molecule has 2 unspecified atom stereocenters. The molecule has 0 rings (SSSR count). The molecule has 572 valence electrons. The quantitative estimate of drug-likeness (QED) is 0.0246. The molecule has 12 heteroatoms. The van der Waals surface area contributed by atoms with E-state index in [9.17, 15) is 28.8 Å². The summed E-state index contributed by atoms with van der Waals surface area (Å²) in [4.78, 5) is 76.9. The van der Waals surface area contributed by atoms with Crippen molar-refractivity contribution in [3.05, 3.63) is 36.5 Å². The molecule has 2 atom stereocenters. The van der Waals surface area contributed by atoms with Gasteiger partial charge in [0.05, 0.1) is 0 Å². The maximum absolute atomic E-state index is 13.0. The number of carbonyl (C=O) groups is 6. The maximum Gasteiger partial charge on any atom is 0.306 e. The number of ether oxygens (including phenoxy) is 6. The van der Waals surface area contributed by atoms with Gasteiger partial charge in [-0.2, -0.15) is 0 Å². The minimum Gasteiger partial charge on any atom is -0.462 e. The largest absolute Gasteiger partial charge is 0.462 e. The van der Waals surface area contributed by atoms with Crippen LogP contribution in [0.25, 0.3) is 0 Å². The van der Waals surface area contributed by atoms with Crippen LogP contribution >= 0.6 is 0 Å². The van der Waals surface area contributed by atoms with E-state index in [-0.39, 0.29) is 75.1 Å². The Morgan fingerprint density at radius 3 is 0.561 bits per heavy atom. The van der Waals surface area contributed by atoms with E-state index in [0.29, 0.717) is 38.5 Å². The fraction of sp³-hybridized carbons (Fsp3) is 0.860. The van der Waals surface area contributed by atoms with Gasteiger partial charge in [0, 0.05) is 38.5 Å². The smallest absolute Gasteiger partial charge is 0.306 e. The molecule has 0 aliphatic heterocycles. The lowest BCUT2D eigenvalue weighted by Gasteiger charge is -2.18. The van der Waals surface area contributed by atoms with Crippen molar-refractivity contribution in [3.8, 4) is 0 Å². The first kappa shape index (κ1) is 94.0. The highest BCUT2D eigenvalue weighted by Gasteiger charge is 2.21. The third-order valence-electron chi connectivity index (χ3n) is 18.8. The molecule has 98 heavy (non-hydrogen) atoms. The summed E-state index contributed by atoms with van der Waals surface area (Å²) in [6.45, 7) is 8.47. The normalized spacial score (nSPS) is 12.2. The number of carbonyl (C=O) groups excluding carboxylic acids is 6. The van der Waals surface area contributed by atoms with E-state index in [4.69, 9.17) is 28.4 Å². The highest BCUT2D eigenvalue weighted by Crippen LogP contribution is 2.19. The Bertz CT molecular complexity index is 1860. The summed E-state index contributed by atoms with van der Waals surface area (Å²) in [5.41, 5.74) is 0. The molecule has 0 N–H and O–H groups in total. The molecule has 12 nitrogen and oxygen atoms in total. The van der Waals surface area contributed by atoms with E-state index >= 15 is 0 Å². The summed E-state index contributed by atoms with van der Waals surface area (Å²) >= 11 is 0. The first-order chi connectivity index (χ1) is 48.1. The van der Waals surface area contributed by atoms with Gasteiger partial charge in [0.15, 0.2) is 12.2 Å². The molecule has 0 bridgehead atoms. The SMILES string of the molecule is CC/C=C\CCCCCCCC(=O)OCC(COC(=O)CCCCCCCCCCCCC)OC(=O)CCCCCCC/C=C/CCCCCCCC(=O)OC(COC(=O)CCCCCCC/C=C\CCCCCCCC)COC(=O)CCCCCCCCCCCCCCCCC. The predicted molar refractivity (Wildman–Crippen MR) is 409 cm³/mol. The zero-order chi connectivity index (χ0) is 71.2. The summed E-state index contributed by atoms with van der Waals surface area (Å²) in [6, 6.07) is 0. The Hall–Kier alpha value is -3.96. The van der Waals surface area contributed by atoms with Gasteiger partial charge >= 0.3 is 35.8 Å². The molecule has 0 spiro atoms. The molecule has 0 heterocycles. The van der Waals surface area contributed by atoms with Crippen LogP contribution in [0.1, 0.15) is 439 Å². The Kier molecular flexibility index (Phi) is 75.6. The van der Waals surface area contributed by atoms with Gasteiger partial charge in [-0.15, -0.1) is 0 Å². The summed E-state index contributed by atoms with van der Waals surface area (Å²) in [5.74, 6) is -1.95. The Balaban J connectivity index is 4.65. The van der Waals surface area contributed by atoms with E-state index in [1.807, 2.05) is 0 Å². The topological polar surface area (TPSA) is 158 Å². The molecule has 0 saturated heterocycles.